The molecule has 0 saturated carbocycles. The molecule has 0 aliphatic carbocycles. The molecule has 0 radical (unpaired) electrons. The highest BCUT2D eigenvalue weighted by Gasteiger charge is 2.12. The van der Waals surface area contributed by atoms with Gasteiger partial charge in [0.15, 0.2) is 10.8 Å². The van der Waals surface area contributed by atoms with Gasteiger partial charge in [0.05, 0.1) is 5.69 Å². The van der Waals surface area contributed by atoms with Crippen molar-refractivity contribution in [1.82, 2.24) is 19.6 Å². The van der Waals surface area contributed by atoms with Crippen molar-refractivity contribution in [2.45, 2.75) is 17.8 Å². The Labute approximate surface area is 177 Å². The maximum absolute atomic E-state index is 8.74. The summed E-state index contributed by atoms with van der Waals surface area (Å²) in [5.41, 5.74) is 4.11. The van der Waals surface area contributed by atoms with Crippen molar-refractivity contribution in [2.75, 3.05) is 0 Å². The zero-order valence-corrected chi connectivity index (χ0v) is 17.5. The first-order valence-corrected chi connectivity index (χ1v) is 10.8. The summed E-state index contributed by atoms with van der Waals surface area (Å²) >= 11 is 1.70. The van der Waals surface area contributed by atoms with E-state index in [9.17, 15) is 0 Å². The molecular weight excluding hydrogens is 428 g/mol. The van der Waals surface area contributed by atoms with Crippen LogP contribution in [0.1, 0.15) is 11.4 Å². The molecular formula is C19H20N4O5S2. The second kappa shape index (κ2) is 10.3. The largest absolute Gasteiger partial charge is 0.412 e. The van der Waals surface area contributed by atoms with Crippen molar-refractivity contribution in [1.29, 1.82) is 0 Å². The summed E-state index contributed by atoms with van der Waals surface area (Å²) in [5, 5.41) is 9.40. The van der Waals surface area contributed by atoms with E-state index in [1.54, 1.807) is 11.8 Å². The van der Waals surface area contributed by atoms with Crippen LogP contribution in [0.4, 0.5) is 0 Å². The number of nitrogens with zero attached hydrogens (tertiary/aromatic N) is 4. The van der Waals surface area contributed by atoms with Crippen LogP contribution in [0.25, 0.3) is 16.9 Å². The molecule has 0 aliphatic rings. The predicted molar refractivity (Wildman–Crippen MR) is 115 cm³/mol. The van der Waals surface area contributed by atoms with Gasteiger partial charge in [-0.05, 0) is 12.5 Å². The molecule has 11 heteroatoms. The van der Waals surface area contributed by atoms with Crippen LogP contribution in [0.5, 0.6) is 0 Å². The van der Waals surface area contributed by atoms with Gasteiger partial charge in [0.2, 0.25) is 0 Å². The third kappa shape index (κ3) is 6.61. The summed E-state index contributed by atoms with van der Waals surface area (Å²) in [6, 6.07) is 22.6. The van der Waals surface area contributed by atoms with Crippen LogP contribution in [0.15, 0.2) is 71.9 Å². The number of aryl methyl sites for hydroxylation is 1. The van der Waals surface area contributed by atoms with E-state index in [0.29, 0.717) is 0 Å². The van der Waals surface area contributed by atoms with Crippen molar-refractivity contribution >= 4 is 27.8 Å². The average molecular weight is 449 g/mol. The van der Waals surface area contributed by atoms with E-state index in [0.717, 1.165) is 33.6 Å². The lowest BCUT2D eigenvalue weighted by atomic mass is 10.1. The van der Waals surface area contributed by atoms with Gasteiger partial charge in [0.1, 0.15) is 5.82 Å². The van der Waals surface area contributed by atoms with Gasteiger partial charge in [-0.25, -0.2) is 4.98 Å². The van der Waals surface area contributed by atoms with Crippen LogP contribution in [0.2, 0.25) is 0 Å². The number of benzene rings is 2. The minimum Gasteiger partial charge on any atom is -0.412 e. The van der Waals surface area contributed by atoms with Crippen LogP contribution >= 0.6 is 11.8 Å². The summed E-state index contributed by atoms with van der Waals surface area (Å²) in [6.45, 7) is 1.95. The van der Waals surface area contributed by atoms with Gasteiger partial charge in [-0.2, -0.15) is 8.42 Å². The summed E-state index contributed by atoms with van der Waals surface area (Å²) in [7, 11) is -4.67. The van der Waals surface area contributed by atoms with E-state index < -0.39 is 10.4 Å². The summed E-state index contributed by atoms with van der Waals surface area (Å²) in [6.07, 6.45) is 0. The first-order valence-electron chi connectivity index (χ1n) is 8.46. The molecule has 0 saturated heterocycles. The van der Waals surface area contributed by atoms with Crippen LogP contribution in [0.3, 0.4) is 0 Å². The van der Waals surface area contributed by atoms with Crippen molar-refractivity contribution < 1.29 is 23.0 Å². The molecule has 4 rings (SSSR count). The smallest absolute Gasteiger partial charge is 0.394 e. The van der Waals surface area contributed by atoms with Crippen LogP contribution in [-0.2, 0) is 16.2 Å². The Kier molecular flexibility index (Phi) is 8.03. The van der Waals surface area contributed by atoms with E-state index in [1.807, 2.05) is 41.7 Å². The van der Waals surface area contributed by atoms with Crippen molar-refractivity contribution in [3.8, 4) is 11.3 Å². The minimum atomic E-state index is -4.67. The van der Waals surface area contributed by atoms with Crippen molar-refractivity contribution in [3.63, 3.8) is 0 Å². The van der Waals surface area contributed by atoms with Gasteiger partial charge in [-0.15, -0.1) is 10.2 Å². The highest BCUT2D eigenvalue weighted by molar-refractivity contribution is 7.98. The third-order valence-corrected chi connectivity index (χ3v) is 4.81. The lowest BCUT2D eigenvalue weighted by Crippen LogP contribution is -1.99. The first-order chi connectivity index (χ1) is 13.8. The molecule has 4 aromatic rings. The van der Waals surface area contributed by atoms with Gasteiger partial charge < -0.3 is 5.48 Å². The maximum atomic E-state index is 8.74. The van der Waals surface area contributed by atoms with E-state index in [2.05, 4.69) is 46.6 Å². The minimum absolute atomic E-state index is 0. The van der Waals surface area contributed by atoms with Gasteiger partial charge in [-0.1, -0.05) is 72.4 Å². The fourth-order valence-electron chi connectivity index (χ4n) is 2.59. The van der Waals surface area contributed by atoms with Gasteiger partial charge >= 0.3 is 10.4 Å². The molecule has 158 valence electrons. The third-order valence-electron chi connectivity index (χ3n) is 3.80. The molecule has 0 unspecified atom stereocenters. The van der Waals surface area contributed by atoms with E-state index in [-0.39, 0.29) is 5.48 Å². The summed E-state index contributed by atoms with van der Waals surface area (Å²) in [4.78, 5) is 4.87. The van der Waals surface area contributed by atoms with Crippen LogP contribution in [-0.4, -0.2) is 42.6 Å². The molecule has 0 fully saturated rings. The molecule has 0 spiro atoms. The molecule has 2 aromatic heterocycles. The quantitative estimate of drug-likeness (QED) is 0.275. The number of aromatic nitrogens is 4. The molecule has 30 heavy (non-hydrogen) atoms. The molecule has 0 bridgehead atoms. The Balaban J connectivity index is 0.000000482. The van der Waals surface area contributed by atoms with E-state index in [4.69, 9.17) is 22.5 Å². The SMILES string of the molecule is Cc1nnc2cc(-c3ccccc3)nc(SCc3ccccc3)n12.O.O=S(=O)(O)O. The molecule has 0 amide bonds. The zero-order chi connectivity index (χ0) is 20.9. The average Bonchev–Trinajstić information content (AvgIpc) is 3.07. The lowest BCUT2D eigenvalue weighted by molar-refractivity contribution is 0.381. The number of hydrogen-bond acceptors (Lipinski definition) is 6. The summed E-state index contributed by atoms with van der Waals surface area (Å²) in [5.74, 6) is 1.71. The molecule has 2 heterocycles. The number of rotatable bonds is 4. The van der Waals surface area contributed by atoms with Crippen molar-refractivity contribution in [2.24, 2.45) is 0 Å². The standard InChI is InChI=1S/C19H16N4S.H2O4S.H2O/c1-14-21-22-18-12-17(16-10-6-3-7-11-16)20-19(23(14)18)24-13-15-8-4-2-5-9-15;1-5(2,3)4;/h2-12H,13H2,1H3;(H2,1,2,3,4);1H2. The molecule has 0 atom stereocenters. The van der Waals surface area contributed by atoms with Crippen LogP contribution in [0, 0.1) is 6.92 Å². The second-order valence-electron chi connectivity index (χ2n) is 5.95. The molecule has 4 N–H and O–H groups in total. The monoisotopic (exact) mass is 448 g/mol. The number of hydrogen-bond donors (Lipinski definition) is 2. The fraction of sp³-hybridized carbons (Fsp3) is 0.105. The van der Waals surface area contributed by atoms with E-state index in [1.165, 1.54) is 5.56 Å². The van der Waals surface area contributed by atoms with E-state index >= 15 is 0 Å². The van der Waals surface area contributed by atoms with Crippen LogP contribution < -0.4 is 0 Å². The summed E-state index contributed by atoms with van der Waals surface area (Å²) < 4.78 is 33.6. The van der Waals surface area contributed by atoms with Gasteiger partial charge in [-0.3, -0.25) is 13.5 Å². The topological polar surface area (TPSA) is 149 Å². The van der Waals surface area contributed by atoms with Crippen molar-refractivity contribution in [3.05, 3.63) is 78.1 Å². The van der Waals surface area contributed by atoms with Gasteiger partial charge in [0, 0.05) is 17.4 Å². The maximum Gasteiger partial charge on any atom is 0.394 e. The Morgan fingerprint density at radius 1 is 0.967 bits per heavy atom. The molecule has 9 nitrogen and oxygen atoms in total. The number of thioether (sulfide) groups is 1. The highest BCUT2D eigenvalue weighted by atomic mass is 32.3. The molecule has 0 aliphatic heterocycles. The Bertz CT molecular complexity index is 1190. The Morgan fingerprint density at radius 2 is 1.53 bits per heavy atom. The Morgan fingerprint density at radius 3 is 2.13 bits per heavy atom. The predicted octanol–water partition coefficient (Wildman–Crippen LogP) is 2.91. The van der Waals surface area contributed by atoms with Gasteiger partial charge in [0.25, 0.3) is 0 Å². The fourth-order valence-corrected chi connectivity index (χ4v) is 3.60. The first kappa shape index (κ1) is 23.4. The Hall–Kier alpha value is -2.83. The number of fused-ring (bicyclic) bond motifs is 1. The molecule has 2 aromatic carbocycles. The highest BCUT2D eigenvalue weighted by Crippen LogP contribution is 2.27. The lowest BCUT2D eigenvalue weighted by Gasteiger charge is -2.08. The normalized spacial score (nSPS) is 10.8. The zero-order valence-electron chi connectivity index (χ0n) is 15.9. The second-order valence-corrected chi connectivity index (χ2v) is 7.79.